The highest BCUT2D eigenvalue weighted by molar-refractivity contribution is 5.97. The van der Waals surface area contributed by atoms with Crippen molar-refractivity contribution in [3.63, 3.8) is 0 Å². The van der Waals surface area contributed by atoms with E-state index in [0.717, 1.165) is 45.3 Å². The SMILES string of the molecule is Cc1cccc2c1N(C(=O)[C@@H]1CCCNC1)CCC2. The summed E-state index contributed by atoms with van der Waals surface area (Å²) in [6, 6.07) is 6.38. The van der Waals surface area contributed by atoms with Gasteiger partial charge in [-0.2, -0.15) is 0 Å². The number of hydrogen-bond donors (Lipinski definition) is 1. The number of amides is 1. The molecule has 1 aromatic carbocycles. The van der Waals surface area contributed by atoms with Crippen LogP contribution in [0.1, 0.15) is 30.4 Å². The fourth-order valence-corrected chi connectivity index (χ4v) is 3.35. The quantitative estimate of drug-likeness (QED) is 0.838. The van der Waals surface area contributed by atoms with Crippen molar-refractivity contribution in [3.05, 3.63) is 29.3 Å². The maximum atomic E-state index is 12.8. The van der Waals surface area contributed by atoms with E-state index in [9.17, 15) is 4.79 Å². The van der Waals surface area contributed by atoms with Crippen LogP contribution in [0, 0.1) is 12.8 Å². The molecule has 2 heterocycles. The second-order valence-corrected chi connectivity index (χ2v) is 5.72. The average Bonchev–Trinajstić information content (AvgIpc) is 2.47. The van der Waals surface area contributed by atoms with Crippen LogP contribution in [-0.2, 0) is 11.2 Å². The average molecular weight is 258 g/mol. The Hall–Kier alpha value is -1.35. The van der Waals surface area contributed by atoms with Gasteiger partial charge in [0.2, 0.25) is 5.91 Å². The Kier molecular flexibility index (Phi) is 3.56. The molecule has 3 rings (SSSR count). The fourth-order valence-electron chi connectivity index (χ4n) is 3.35. The molecule has 0 aliphatic carbocycles. The maximum Gasteiger partial charge on any atom is 0.231 e. The van der Waals surface area contributed by atoms with Gasteiger partial charge in [0.05, 0.1) is 5.92 Å². The number of para-hydroxylation sites is 1. The summed E-state index contributed by atoms with van der Waals surface area (Å²) in [7, 11) is 0. The zero-order valence-corrected chi connectivity index (χ0v) is 11.6. The van der Waals surface area contributed by atoms with Crippen molar-refractivity contribution in [1.82, 2.24) is 5.32 Å². The van der Waals surface area contributed by atoms with Crippen LogP contribution in [-0.4, -0.2) is 25.5 Å². The predicted octanol–water partition coefficient (Wildman–Crippen LogP) is 2.27. The van der Waals surface area contributed by atoms with Crippen LogP contribution in [0.4, 0.5) is 5.69 Å². The smallest absolute Gasteiger partial charge is 0.231 e. The van der Waals surface area contributed by atoms with Gasteiger partial charge in [-0.15, -0.1) is 0 Å². The van der Waals surface area contributed by atoms with Crippen LogP contribution in [0.3, 0.4) is 0 Å². The van der Waals surface area contributed by atoms with E-state index in [1.165, 1.54) is 16.8 Å². The van der Waals surface area contributed by atoms with Crippen molar-refractivity contribution >= 4 is 11.6 Å². The minimum atomic E-state index is 0.166. The van der Waals surface area contributed by atoms with E-state index in [2.05, 4.69) is 30.4 Å². The highest BCUT2D eigenvalue weighted by Crippen LogP contribution is 2.32. The van der Waals surface area contributed by atoms with E-state index >= 15 is 0 Å². The number of nitrogens with one attached hydrogen (secondary N) is 1. The molecule has 1 saturated heterocycles. The third kappa shape index (κ3) is 2.39. The zero-order valence-electron chi connectivity index (χ0n) is 11.6. The molecule has 0 bridgehead atoms. The summed E-state index contributed by atoms with van der Waals surface area (Å²) in [5.41, 5.74) is 3.75. The van der Waals surface area contributed by atoms with Crippen molar-refractivity contribution in [2.45, 2.75) is 32.6 Å². The molecule has 3 heteroatoms. The number of rotatable bonds is 1. The van der Waals surface area contributed by atoms with Crippen molar-refractivity contribution in [2.24, 2.45) is 5.92 Å². The number of carbonyl (C=O) groups is 1. The highest BCUT2D eigenvalue weighted by Gasteiger charge is 2.30. The number of fused-ring (bicyclic) bond motifs is 1. The molecule has 1 amide bonds. The molecule has 2 aliphatic rings. The predicted molar refractivity (Wildman–Crippen MR) is 77.4 cm³/mol. The molecule has 2 aliphatic heterocycles. The first-order valence-electron chi connectivity index (χ1n) is 7.38. The molecular formula is C16H22N2O. The van der Waals surface area contributed by atoms with Crippen LogP contribution in [0.15, 0.2) is 18.2 Å². The topological polar surface area (TPSA) is 32.3 Å². The summed E-state index contributed by atoms with van der Waals surface area (Å²) in [5, 5.41) is 3.35. The standard InChI is InChI=1S/C16H22N2O/c1-12-5-2-6-13-8-4-10-18(15(12)13)16(19)14-7-3-9-17-11-14/h2,5-6,14,17H,3-4,7-11H2,1H3/t14-/m1/s1. The lowest BCUT2D eigenvalue weighted by Crippen LogP contribution is -2.45. The molecule has 0 saturated carbocycles. The summed E-state index contributed by atoms with van der Waals surface area (Å²) in [6.45, 7) is 4.90. The Morgan fingerprint density at radius 1 is 1.37 bits per heavy atom. The first kappa shape index (κ1) is 12.7. The number of benzene rings is 1. The second kappa shape index (κ2) is 5.33. The van der Waals surface area contributed by atoms with Gasteiger partial charge in [0, 0.05) is 18.8 Å². The van der Waals surface area contributed by atoms with Crippen molar-refractivity contribution in [2.75, 3.05) is 24.5 Å². The van der Waals surface area contributed by atoms with Crippen molar-refractivity contribution in [3.8, 4) is 0 Å². The molecule has 3 nitrogen and oxygen atoms in total. The summed E-state index contributed by atoms with van der Waals surface area (Å²) in [6.07, 6.45) is 4.33. The van der Waals surface area contributed by atoms with Crippen LogP contribution in [0.25, 0.3) is 0 Å². The molecule has 1 N–H and O–H groups in total. The monoisotopic (exact) mass is 258 g/mol. The summed E-state index contributed by atoms with van der Waals surface area (Å²) < 4.78 is 0. The number of carbonyl (C=O) groups excluding carboxylic acids is 1. The van der Waals surface area contributed by atoms with Gasteiger partial charge in [-0.3, -0.25) is 4.79 Å². The molecule has 1 atom stereocenters. The maximum absolute atomic E-state index is 12.8. The van der Waals surface area contributed by atoms with Gasteiger partial charge < -0.3 is 10.2 Å². The van der Waals surface area contributed by atoms with Gasteiger partial charge in [0.1, 0.15) is 0 Å². The van der Waals surface area contributed by atoms with Crippen LogP contribution in [0.2, 0.25) is 0 Å². The molecule has 102 valence electrons. The Bertz CT molecular complexity index is 478. The van der Waals surface area contributed by atoms with Gasteiger partial charge in [0.25, 0.3) is 0 Å². The van der Waals surface area contributed by atoms with Gasteiger partial charge >= 0.3 is 0 Å². The molecular weight excluding hydrogens is 236 g/mol. The number of piperidine rings is 1. The summed E-state index contributed by atoms with van der Waals surface area (Å²) in [4.78, 5) is 14.8. The fraction of sp³-hybridized carbons (Fsp3) is 0.562. The van der Waals surface area contributed by atoms with Crippen LogP contribution < -0.4 is 10.2 Å². The Balaban J connectivity index is 1.88. The van der Waals surface area contributed by atoms with E-state index in [4.69, 9.17) is 0 Å². The van der Waals surface area contributed by atoms with E-state index in [-0.39, 0.29) is 5.92 Å². The van der Waals surface area contributed by atoms with Gasteiger partial charge in [-0.1, -0.05) is 18.2 Å². The molecule has 1 aromatic rings. The Morgan fingerprint density at radius 3 is 3.05 bits per heavy atom. The minimum Gasteiger partial charge on any atom is -0.316 e. The lowest BCUT2D eigenvalue weighted by molar-refractivity contribution is -0.123. The second-order valence-electron chi connectivity index (χ2n) is 5.72. The molecule has 0 unspecified atom stereocenters. The van der Waals surface area contributed by atoms with Crippen LogP contribution >= 0.6 is 0 Å². The number of aryl methyl sites for hydroxylation is 2. The molecule has 0 aromatic heterocycles. The van der Waals surface area contributed by atoms with Gasteiger partial charge in [0.15, 0.2) is 0 Å². The molecule has 1 fully saturated rings. The summed E-state index contributed by atoms with van der Waals surface area (Å²) in [5.74, 6) is 0.488. The molecule has 0 radical (unpaired) electrons. The largest absolute Gasteiger partial charge is 0.316 e. The van der Waals surface area contributed by atoms with Crippen LogP contribution in [0.5, 0.6) is 0 Å². The Labute approximate surface area is 115 Å². The molecule has 0 spiro atoms. The minimum absolute atomic E-state index is 0.166. The van der Waals surface area contributed by atoms with Crippen molar-refractivity contribution < 1.29 is 4.79 Å². The zero-order chi connectivity index (χ0) is 13.2. The lowest BCUT2D eigenvalue weighted by atomic mass is 9.93. The van der Waals surface area contributed by atoms with E-state index in [0.29, 0.717) is 5.91 Å². The normalized spacial score (nSPS) is 23.0. The van der Waals surface area contributed by atoms with Crippen molar-refractivity contribution in [1.29, 1.82) is 0 Å². The Morgan fingerprint density at radius 2 is 2.26 bits per heavy atom. The first-order valence-corrected chi connectivity index (χ1v) is 7.38. The van der Waals surface area contributed by atoms with Gasteiger partial charge in [-0.25, -0.2) is 0 Å². The number of nitrogens with zero attached hydrogens (tertiary/aromatic N) is 1. The molecule has 19 heavy (non-hydrogen) atoms. The number of hydrogen-bond acceptors (Lipinski definition) is 2. The summed E-state index contributed by atoms with van der Waals surface area (Å²) >= 11 is 0. The third-order valence-electron chi connectivity index (χ3n) is 4.33. The van der Waals surface area contributed by atoms with E-state index in [1.54, 1.807) is 0 Å². The highest BCUT2D eigenvalue weighted by atomic mass is 16.2. The third-order valence-corrected chi connectivity index (χ3v) is 4.33. The van der Waals surface area contributed by atoms with Gasteiger partial charge in [-0.05, 0) is 50.3 Å². The first-order chi connectivity index (χ1) is 9.27. The van der Waals surface area contributed by atoms with E-state index in [1.807, 2.05) is 4.90 Å². The van der Waals surface area contributed by atoms with E-state index < -0.39 is 0 Å². The lowest BCUT2D eigenvalue weighted by Gasteiger charge is -2.34. The number of anilines is 1.